The van der Waals surface area contributed by atoms with Gasteiger partial charge in [-0.25, -0.2) is 0 Å². The van der Waals surface area contributed by atoms with Crippen molar-refractivity contribution >= 4 is 0 Å². The number of para-hydroxylation sites is 1. The molecule has 0 amide bonds. The maximum absolute atomic E-state index is 5.65. The van der Waals surface area contributed by atoms with Crippen LogP contribution < -0.4 is 10.1 Å². The third-order valence-corrected chi connectivity index (χ3v) is 2.27. The lowest BCUT2D eigenvalue weighted by atomic mass is 10.3. The topological polar surface area (TPSA) is 30.5 Å². The third kappa shape index (κ3) is 5.14. The molecule has 1 N–H and O–H groups in total. The summed E-state index contributed by atoms with van der Waals surface area (Å²) in [7, 11) is 1.92. The number of likely N-dealkylation sites (N-methyl/N-ethyl adjacent to an activating group) is 1. The van der Waals surface area contributed by atoms with E-state index < -0.39 is 0 Å². The lowest BCUT2D eigenvalue weighted by Crippen LogP contribution is -2.36. The Morgan fingerprint density at radius 1 is 1.19 bits per heavy atom. The summed E-state index contributed by atoms with van der Waals surface area (Å²) in [5.41, 5.74) is 0. The molecule has 0 aliphatic heterocycles. The maximum atomic E-state index is 5.65. The van der Waals surface area contributed by atoms with Crippen LogP contribution in [0, 0.1) is 0 Å². The van der Waals surface area contributed by atoms with E-state index in [0.717, 1.165) is 18.8 Å². The summed E-state index contributed by atoms with van der Waals surface area (Å²) >= 11 is 0. The molecule has 0 fully saturated rings. The fourth-order valence-corrected chi connectivity index (χ4v) is 1.30. The monoisotopic (exact) mass is 223 g/mol. The van der Waals surface area contributed by atoms with Gasteiger partial charge in [-0.3, -0.25) is 0 Å². The summed E-state index contributed by atoms with van der Waals surface area (Å²) in [5, 5.41) is 3.18. The van der Waals surface area contributed by atoms with Gasteiger partial charge in [-0.2, -0.15) is 0 Å². The molecule has 0 aromatic heterocycles. The first kappa shape index (κ1) is 13.0. The molecular weight excluding hydrogens is 202 g/mol. The van der Waals surface area contributed by atoms with Gasteiger partial charge in [-0.05, 0) is 25.6 Å². The molecule has 1 atom stereocenters. The molecule has 0 saturated heterocycles. The van der Waals surface area contributed by atoms with Crippen LogP contribution in [0.4, 0.5) is 0 Å². The molecule has 0 spiro atoms. The highest BCUT2D eigenvalue weighted by molar-refractivity contribution is 5.20. The quantitative estimate of drug-likeness (QED) is 0.684. The van der Waals surface area contributed by atoms with Crippen molar-refractivity contribution < 1.29 is 9.47 Å². The number of rotatable bonds is 8. The van der Waals surface area contributed by atoms with Gasteiger partial charge in [0, 0.05) is 6.61 Å². The summed E-state index contributed by atoms with van der Waals surface area (Å²) in [6.07, 6.45) is 1.05. The highest BCUT2D eigenvalue weighted by Gasteiger charge is 2.06. The van der Waals surface area contributed by atoms with Gasteiger partial charge in [-0.15, -0.1) is 0 Å². The highest BCUT2D eigenvalue weighted by Crippen LogP contribution is 2.08. The summed E-state index contributed by atoms with van der Waals surface area (Å²) < 4.78 is 11.1. The number of hydrogen-bond donors (Lipinski definition) is 1. The molecule has 0 saturated carbocycles. The third-order valence-electron chi connectivity index (χ3n) is 2.27. The Kier molecular flexibility index (Phi) is 6.61. The fourth-order valence-electron chi connectivity index (χ4n) is 1.30. The van der Waals surface area contributed by atoms with E-state index in [4.69, 9.17) is 9.47 Å². The van der Waals surface area contributed by atoms with Gasteiger partial charge in [0.2, 0.25) is 0 Å². The van der Waals surface area contributed by atoms with Gasteiger partial charge in [0.15, 0.2) is 0 Å². The average molecular weight is 223 g/mol. The molecule has 0 bridgehead atoms. The molecule has 0 heterocycles. The van der Waals surface area contributed by atoms with Crippen LogP contribution in [-0.4, -0.2) is 32.9 Å². The van der Waals surface area contributed by atoms with Crippen LogP contribution in [0.5, 0.6) is 5.75 Å². The SMILES string of the molecule is CCCOCC(COc1ccccc1)NC. The molecular formula is C13H21NO2. The summed E-state index contributed by atoms with van der Waals surface area (Å²) in [6.45, 7) is 4.24. The highest BCUT2D eigenvalue weighted by atomic mass is 16.5. The van der Waals surface area contributed by atoms with Crippen molar-refractivity contribution in [3.63, 3.8) is 0 Å². The van der Waals surface area contributed by atoms with E-state index in [1.54, 1.807) is 0 Å². The standard InChI is InChI=1S/C13H21NO2/c1-3-9-15-10-12(14-2)11-16-13-7-5-4-6-8-13/h4-8,12,14H,3,9-11H2,1-2H3. The minimum Gasteiger partial charge on any atom is -0.492 e. The van der Waals surface area contributed by atoms with Gasteiger partial charge in [0.1, 0.15) is 12.4 Å². The predicted octanol–water partition coefficient (Wildman–Crippen LogP) is 2.08. The summed E-state index contributed by atoms with van der Waals surface area (Å²) in [4.78, 5) is 0. The van der Waals surface area contributed by atoms with Crippen LogP contribution in [0.15, 0.2) is 30.3 Å². The van der Waals surface area contributed by atoms with Crippen molar-refractivity contribution in [2.24, 2.45) is 0 Å². The Morgan fingerprint density at radius 2 is 1.94 bits per heavy atom. The maximum Gasteiger partial charge on any atom is 0.119 e. The Bertz CT molecular complexity index is 264. The molecule has 0 aliphatic carbocycles. The van der Waals surface area contributed by atoms with Gasteiger partial charge in [0.05, 0.1) is 12.6 Å². The van der Waals surface area contributed by atoms with E-state index in [0.29, 0.717) is 13.2 Å². The summed E-state index contributed by atoms with van der Waals surface area (Å²) in [6, 6.07) is 10.1. The number of ether oxygens (including phenoxy) is 2. The zero-order valence-corrected chi connectivity index (χ0v) is 10.1. The second-order valence-electron chi connectivity index (χ2n) is 3.68. The van der Waals surface area contributed by atoms with E-state index in [1.807, 2.05) is 37.4 Å². The van der Waals surface area contributed by atoms with Gasteiger partial charge in [0.25, 0.3) is 0 Å². The predicted molar refractivity (Wildman–Crippen MR) is 65.9 cm³/mol. The largest absolute Gasteiger partial charge is 0.492 e. The van der Waals surface area contributed by atoms with E-state index in [2.05, 4.69) is 12.2 Å². The second kappa shape index (κ2) is 8.13. The van der Waals surface area contributed by atoms with Gasteiger partial charge in [-0.1, -0.05) is 25.1 Å². The van der Waals surface area contributed by atoms with Crippen molar-refractivity contribution in [1.82, 2.24) is 5.32 Å². The molecule has 16 heavy (non-hydrogen) atoms. The smallest absolute Gasteiger partial charge is 0.119 e. The first-order valence-corrected chi connectivity index (χ1v) is 5.79. The van der Waals surface area contributed by atoms with Crippen molar-refractivity contribution in [2.45, 2.75) is 19.4 Å². The molecule has 1 unspecified atom stereocenters. The molecule has 0 aliphatic rings. The number of hydrogen-bond acceptors (Lipinski definition) is 3. The summed E-state index contributed by atoms with van der Waals surface area (Å²) in [5.74, 6) is 0.901. The first-order valence-electron chi connectivity index (χ1n) is 5.79. The second-order valence-corrected chi connectivity index (χ2v) is 3.68. The molecule has 1 aromatic rings. The minimum atomic E-state index is 0.242. The molecule has 0 radical (unpaired) electrons. The van der Waals surface area contributed by atoms with Crippen molar-refractivity contribution in [1.29, 1.82) is 0 Å². The minimum absolute atomic E-state index is 0.242. The van der Waals surface area contributed by atoms with Gasteiger partial charge >= 0.3 is 0 Å². The van der Waals surface area contributed by atoms with Crippen LogP contribution in [0.25, 0.3) is 0 Å². The first-order chi connectivity index (χ1) is 7.86. The normalized spacial score (nSPS) is 12.4. The van der Waals surface area contributed by atoms with Crippen LogP contribution in [0.2, 0.25) is 0 Å². The van der Waals surface area contributed by atoms with Crippen LogP contribution in [0.1, 0.15) is 13.3 Å². The molecule has 90 valence electrons. The molecule has 1 rings (SSSR count). The Labute approximate surface area is 97.8 Å². The molecule has 3 heteroatoms. The van der Waals surface area contributed by atoms with Crippen molar-refractivity contribution in [2.75, 3.05) is 26.9 Å². The van der Waals surface area contributed by atoms with Crippen molar-refractivity contribution in [3.8, 4) is 5.75 Å². The van der Waals surface area contributed by atoms with Crippen LogP contribution in [-0.2, 0) is 4.74 Å². The zero-order valence-electron chi connectivity index (χ0n) is 10.1. The van der Waals surface area contributed by atoms with E-state index in [9.17, 15) is 0 Å². The van der Waals surface area contributed by atoms with E-state index >= 15 is 0 Å². The number of nitrogens with one attached hydrogen (secondary N) is 1. The van der Waals surface area contributed by atoms with E-state index in [1.165, 1.54) is 0 Å². The average Bonchev–Trinajstić information content (AvgIpc) is 2.35. The van der Waals surface area contributed by atoms with Crippen LogP contribution in [0.3, 0.4) is 0 Å². The van der Waals surface area contributed by atoms with Crippen molar-refractivity contribution in [3.05, 3.63) is 30.3 Å². The van der Waals surface area contributed by atoms with Gasteiger partial charge < -0.3 is 14.8 Å². The molecule has 1 aromatic carbocycles. The van der Waals surface area contributed by atoms with Crippen LogP contribution >= 0.6 is 0 Å². The number of benzene rings is 1. The zero-order chi connectivity index (χ0) is 11.6. The van der Waals surface area contributed by atoms with E-state index in [-0.39, 0.29) is 6.04 Å². The lowest BCUT2D eigenvalue weighted by Gasteiger charge is -2.16. The fraction of sp³-hybridized carbons (Fsp3) is 0.538. The Morgan fingerprint density at radius 3 is 2.56 bits per heavy atom. The molecule has 3 nitrogen and oxygen atoms in total. The Hall–Kier alpha value is -1.06. The lowest BCUT2D eigenvalue weighted by molar-refractivity contribution is 0.0963. The Balaban J connectivity index is 2.23.